The lowest BCUT2D eigenvalue weighted by molar-refractivity contribution is -0.137. The highest BCUT2D eigenvalue weighted by atomic mass is 32.1. The molecule has 0 aliphatic heterocycles. The zero-order valence-corrected chi connectivity index (χ0v) is 17.6. The van der Waals surface area contributed by atoms with Crippen LogP contribution < -0.4 is 4.74 Å². The van der Waals surface area contributed by atoms with Gasteiger partial charge >= 0.3 is 5.97 Å². The minimum absolute atomic E-state index is 0.102. The van der Waals surface area contributed by atoms with Crippen molar-refractivity contribution in [2.45, 2.75) is 58.9 Å². The molecule has 3 nitrogen and oxygen atoms in total. The first-order valence-corrected chi connectivity index (χ1v) is 11.0. The van der Waals surface area contributed by atoms with Crippen molar-refractivity contribution in [3.05, 3.63) is 51.7 Å². The number of fused-ring (bicyclic) bond motifs is 1. The molecule has 1 aromatic heterocycles. The summed E-state index contributed by atoms with van der Waals surface area (Å²) in [5.41, 5.74) is 2.58. The van der Waals surface area contributed by atoms with E-state index < -0.39 is 0 Å². The molecule has 0 N–H and O–H groups in total. The van der Waals surface area contributed by atoms with Crippen LogP contribution in [0.25, 0.3) is 0 Å². The van der Waals surface area contributed by atoms with E-state index in [1.165, 1.54) is 22.4 Å². The van der Waals surface area contributed by atoms with Gasteiger partial charge in [-0.05, 0) is 67.3 Å². The number of carbonyl (C=O) groups is 1. The summed E-state index contributed by atoms with van der Waals surface area (Å²) in [7, 11) is 0. The molecule has 0 radical (unpaired) electrons. The molecule has 0 saturated heterocycles. The Labute approximate surface area is 167 Å². The van der Waals surface area contributed by atoms with Gasteiger partial charge in [-0.25, -0.2) is 0 Å². The molecule has 1 aliphatic carbocycles. The maximum Gasteiger partial charge on any atom is 0.313 e. The zero-order valence-electron chi connectivity index (χ0n) is 16.7. The van der Waals surface area contributed by atoms with Gasteiger partial charge in [0.1, 0.15) is 5.75 Å². The average molecular weight is 386 g/mol. The minimum atomic E-state index is -0.144. The molecular weight excluding hydrogens is 354 g/mol. The Morgan fingerprint density at radius 1 is 1.26 bits per heavy atom. The number of esters is 1. The van der Waals surface area contributed by atoms with Gasteiger partial charge in [-0.2, -0.15) is 0 Å². The van der Waals surface area contributed by atoms with E-state index in [4.69, 9.17) is 4.74 Å². The average Bonchev–Trinajstić information content (AvgIpc) is 3.18. The first-order chi connectivity index (χ1) is 13.1. The number of nitrogens with zero attached hydrogens (tertiary/aromatic N) is 1. The highest BCUT2D eigenvalue weighted by molar-refractivity contribution is 7.09. The Morgan fingerprint density at radius 3 is 2.81 bits per heavy atom. The van der Waals surface area contributed by atoms with E-state index in [1.54, 1.807) is 0 Å². The van der Waals surface area contributed by atoms with Crippen molar-refractivity contribution in [3.8, 4) is 5.75 Å². The van der Waals surface area contributed by atoms with E-state index in [0.717, 1.165) is 44.5 Å². The quantitative estimate of drug-likeness (QED) is 0.466. The lowest BCUT2D eigenvalue weighted by atomic mass is 9.86. The predicted octanol–water partition coefficient (Wildman–Crippen LogP) is 5.12. The lowest BCUT2D eigenvalue weighted by Gasteiger charge is -2.35. The van der Waals surface area contributed by atoms with Crippen LogP contribution in [0.3, 0.4) is 0 Å². The summed E-state index contributed by atoms with van der Waals surface area (Å²) >= 11 is 1.85. The maximum atomic E-state index is 12.0. The Balaban J connectivity index is 1.69. The number of hydrogen-bond donors (Lipinski definition) is 0. The standard InChI is InChI=1S/C23H31NO2S/c1-4-13-24(14-12-20-8-6-15-27-20)19-10-11-21-18(16-19)7-5-9-22(21)26-23(25)17(2)3/h5-9,15,17,19H,4,10-14,16H2,1-3H3/t19-/m0/s1. The second-order valence-corrected chi connectivity index (χ2v) is 8.76. The van der Waals surface area contributed by atoms with Crippen LogP contribution in [-0.2, 0) is 24.1 Å². The van der Waals surface area contributed by atoms with Crippen LogP contribution in [-0.4, -0.2) is 30.0 Å². The molecule has 27 heavy (non-hydrogen) atoms. The van der Waals surface area contributed by atoms with E-state index >= 15 is 0 Å². The third-order valence-corrected chi connectivity index (χ3v) is 6.28. The Morgan fingerprint density at radius 2 is 2.11 bits per heavy atom. The van der Waals surface area contributed by atoms with E-state index in [0.29, 0.717) is 6.04 Å². The van der Waals surface area contributed by atoms with Crippen molar-refractivity contribution in [2.24, 2.45) is 5.92 Å². The van der Waals surface area contributed by atoms with Gasteiger partial charge in [0.2, 0.25) is 0 Å². The molecule has 0 spiro atoms. The van der Waals surface area contributed by atoms with Crippen LogP contribution in [0, 0.1) is 5.92 Å². The molecule has 2 aromatic rings. The molecule has 1 heterocycles. The van der Waals surface area contributed by atoms with E-state index in [2.05, 4.69) is 35.4 Å². The molecule has 1 aromatic carbocycles. The minimum Gasteiger partial charge on any atom is -0.426 e. The van der Waals surface area contributed by atoms with Crippen molar-refractivity contribution < 1.29 is 9.53 Å². The van der Waals surface area contributed by atoms with Gasteiger partial charge in [0.05, 0.1) is 5.92 Å². The summed E-state index contributed by atoms with van der Waals surface area (Å²) in [5, 5.41) is 2.16. The van der Waals surface area contributed by atoms with E-state index in [1.807, 2.05) is 37.3 Å². The molecule has 0 bridgehead atoms. The third-order valence-electron chi connectivity index (χ3n) is 5.35. The number of thiophene rings is 1. The normalized spacial score (nSPS) is 16.6. The maximum absolute atomic E-state index is 12.0. The van der Waals surface area contributed by atoms with Crippen LogP contribution in [0.1, 0.15) is 49.6 Å². The van der Waals surface area contributed by atoms with Crippen molar-refractivity contribution in [1.29, 1.82) is 0 Å². The van der Waals surface area contributed by atoms with E-state index in [-0.39, 0.29) is 11.9 Å². The van der Waals surface area contributed by atoms with Gasteiger partial charge < -0.3 is 4.74 Å². The molecule has 1 atom stereocenters. The molecule has 1 aliphatic rings. The van der Waals surface area contributed by atoms with Crippen LogP contribution in [0.4, 0.5) is 0 Å². The number of rotatable bonds is 8. The molecule has 0 saturated carbocycles. The highest BCUT2D eigenvalue weighted by Gasteiger charge is 2.26. The summed E-state index contributed by atoms with van der Waals surface area (Å²) in [4.78, 5) is 16.2. The van der Waals surface area contributed by atoms with Gasteiger partial charge in [-0.3, -0.25) is 9.69 Å². The smallest absolute Gasteiger partial charge is 0.313 e. The van der Waals surface area contributed by atoms with Crippen LogP contribution >= 0.6 is 11.3 Å². The Bertz CT molecular complexity index is 739. The third kappa shape index (κ3) is 5.20. The summed E-state index contributed by atoms with van der Waals surface area (Å²) in [6, 6.07) is 11.1. The second-order valence-electron chi connectivity index (χ2n) is 7.73. The van der Waals surface area contributed by atoms with E-state index in [9.17, 15) is 4.79 Å². The Kier molecular flexibility index (Phi) is 7.08. The highest BCUT2D eigenvalue weighted by Crippen LogP contribution is 2.32. The van der Waals surface area contributed by atoms with Crippen LogP contribution in [0.15, 0.2) is 35.7 Å². The fraction of sp³-hybridized carbons (Fsp3) is 0.522. The van der Waals surface area contributed by atoms with Crippen molar-refractivity contribution in [3.63, 3.8) is 0 Å². The topological polar surface area (TPSA) is 29.5 Å². The predicted molar refractivity (Wildman–Crippen MR) is 113 cm³/mol. The van der Waals surface area contributed by atoms with Crippen LogP contribution in [0.2, 0.25) is 0 Å². The fourth-order valence-electron chi connectivity index (χ4n) is 3.86. The SMILES string of the molecule is CCCN(CCc1cccs1)[C@H]1CCc2c(cccc2OC(=O)C(C)C)C1. The zero-order chi connectivity index (χ0) is 19.2. The Hall–Kier alpha value is -1.65. The molecule has 0 fully saturated rings. The van der Waals surface area contributed by atoms with Gasteiger partial charge in [-0.1, -0.05) is 39.0 Å². The van der Waals surface area contributed by atoms with Crippen molar-refractivity contribution in [2.75, 3.05) is 13.1 Å². The lowest BCUT2D eigenvalue weighted by Crippen LogP contribution is -2.41. The second kappa shape index (κ2) is 9.52. The first kappa shape index (κ1) is 20.1. The molecule has 0 unspecified atom stereocenters. The fourth-order valence-corrected chi connectivity index (χ4v) is 4.56. The van der Waals surface area contributed by atoms with Crippen molar-refractivity contribution in [1.82, 2.24) is 4.90 Å². The number of carbonyl (C=O) groups excluding carboxylic acids is 1. The number of hydrogen-bond acceptors (Lipinski definition) is 4. The molecule has 4 heteroatoms. The molecule has 3 rings (SSSR count). The summed E-state index contributed by atoms with van der Waals surface area (Å²) in [5.74, 6) is 0.522. The van der Waals surface area contributed by atoms with Gasteiger partial charge in [0, 0.05) is 17.5 Å². The largest absolute Gasteiger partial charge is 0.426 e. The number of ether oxygens (including phenoxy) is 1. The van der Waals surface area contributed by atoms with Crippen LogP contribution in [0.5, 0.6) is 5.75 Å². The summed E-state index contributed by atoms with van der Waals surface area (Å²) in [6.07, 6.45) is 5.48. The molecule has 146 valence electrons. The van der Waals surface area contributed by atoms with Gasteiger partial charge in [-0.15, -0.1) is 11.3 Å². The summed E-state index contributed by atoms with van der Waals surface area (Å²) < 4.78 is 5.66. The molecular formula is C23H31NO2S. The summed E-state index contributed by atoms with van der Waals surface area (Å²) in [6.45, 7) is 8.29. The monoisotopic (exact) mass is 385 g/mol. The van der Waals surface area contributed by atoms with Gasteiger partial charge in [0.25, 0.3) is 0 Å². The number of benzene rings is 1. The van der Waals surface area contributed by atoms with Crippen molar-refractivity contribution >= 4 is 17.3 Å². The molecule has 0 amide bonds. The first-order valence-electron chi connectivity index (χ1n) is 10.2. The van der Waals surface area contributed by atoms with Gasteiger partial charge in [0.15, 0.2) is 0 Å².